The molecule has 0 amide bonds. The van der Waals surface area contributed by atoms with Crippen LogP contribution in [0.4, 0.5) is 13.2 Å². The second kappa shape index (κ2) is 9.99. The molecule has 0 aromatic heterocycles. The maximum absolute atomic E-state index is 15.0. The van der Waals surface area contributed by atoms with Crippen molar-refractivity contribution in [3.05, 3.63) is 64.5 Å². The number of hydrogen-bond donors (Lipinski definition) is 0. The van der Waals surface area contributed by atoms with Crippen LogP contribution < -0.4 is 4.74 Å². The van der Waals surface area contributed by atoms with E-state index in [9.17, 15) is 18.0 Å². The molecule has 2 aliphatic carbocycles. The first-order valence-corrected chi connectivity index (χ1v) is 11.8. The van der Waals surface area contributed by atoms with Crippen LogP contribution in [-0.4, -0.2) is 5.97 Å². The van der Waals surface area contributed by atoms with Crippen LogP contribution in [0.3, 0.4) is 0 Å². The van der Waals surface area contributed by atoms with Gasteiger partial charge in [-0.05, 0) is 73.5 Å². The SMILES string of the molecule is CCC[C@H]1CC[C@@H]2CC(c3ccc(C(=O)Oc4cc(F)c(C#N)c(F)c4)cc3F)CC[C@H]2C1. The predicted octanol–water partition coefficient (Wildman–Crippen LogP) is 7.29. The van der Waals surface area contributed by atoms with Gasteiger partial charge < -0.3 is 4.74 Å². The number of ether oxygens (including phenoxy) is 1. The van der Waals surface area contributed by atoms with Gasteiger partial charge in [0.1, 0.15) is 34.8 Å². The Morgan fingerprint density at radius 3 is 2.36 bits per heavy atom. The molecule has 2 aromatic rings. The van der Waals surface area contributed by atoms with Gasteiger partial charge in [-0.25, -0.2) is 18.0 Å². The summed E-state index contributed by atoms with van der Waals surface area (Å²) in [6.07, 6.45) is 9.38. The fourth-order valence-corrected chi connectivity index (χ4v) is 5.81. The van der Waals surface area contributed by atoms with Crippen molar-refractivity contribution in [1.29, 1.82) is 5.26 Å². The van der Waals surface area contributed by atoms with Crippen LogP contribution in [0.2, 0.25) is 0 Å². The third-order valence-electron chi connectivity index (χ3n) is 7.43. The second-order valence-corrected chi connectivity index (χ2v) is 9.50. The van der Waals surface area contributed by atoms with Crippen LogP contribution in [0.25, 0.3) is 0 Å². The topological polar surface area (TPSA) is 50.1 Å². The maximum Gasteiger partial charge on any atom is 0.343 e. The Labute approximate surface area is 192 Å². The third-order valence-corrected chi connectivity index (χ3v) is 7.43. The van der Waals surface area contributed by atoms with Crippen molar-refractivity contribution in [3.63, 3.8) is 0 Å². The van der Waals surface area contributed by atoms with E-state index in [1.807, 2.05) is 0 Å². The van der Waals surface area contributed by atoms with Crippen molar-refractivity contribution in [2.24, 2.45) is 17.8 Å². The molecule has 2 aliphatic rings. The lowest BCUT2D eigenvalue weighted by molar-refractivity contribution is 0.0733. The normalized spacial score (nSPS) is 24.6. The van der Waals surface area contributed by atoms with Gasteiger partial charge in [0.2, 0.25) is 0 Å². The van der Waals surface area contributed by atoms with E-state index in [0.717, 1.165) is 49.3 Å². The number of rotatable bonds is 5. The van der Waals surface area contributed by atoms with Crippen molar-refractivity contribution in [3.8, 4) is 11.8 Å². The number of nitrogens with zero attached hydrogens (tertiary/aromatic N) is 1. The summed E-state index contributed by atoms with van der Waals surface area (Å²) in [5, 5.41) is 8.73. The lowest BCUT2D eigenvalue weighted by Crippen LogP contribution is -2.30. The number of hydrogen-bond acceptors (Lipinski definition) is 3. The lowest BCUT2D eigenvalue weighted by atomic mass is 9.63. The van der Waals surface area contributed by atoms with E-state index in [-0.39, 0.29) is 17.2 Å². The summed E-state index contributed by atoms with van der Waals surface area (Å²) in [6, 6.07) is 7.21. The van der Waals surface area contributed by atoms with E-state index in [4.69, 9.17) is 10.00 Å². The van der Waals surface area contributed by atoms with E-state index >= 15 is 0 Å². The standard InChI is InChI=1S/C27H28F3NO2/c1-2-3-16-4-5-18-11-19(7-6-17(18)10-16)22-9-8-20(12-24(22)28)27(32)33-21-13-25(29)23(15-31)26(30)14-21/h8-9,12-14,16-19H,2-7,10-11H2,1H3/t16-,17-,18+,19?/m0/s1. The van der Waals surface area contributed by atoms with Crippen molar-refractivity contribution in [1.82, 2.24) is 0 Å². The zero-order valence-corrected chi connectivity index (χ0v) is 18.8. The van der Waals surface area contributed by atoms with Gasteiger partial charge in [-0.2, -0.15) is 5.26 Å². The summed E-state index contributed by atoms with van der Waals surface area (Å²) >= 11 is 0. The van der Waals surface area contributed by atoms with E-state index in [1.54, 1.807) is 6.07 Å². The summed E-state index contributed by atoms with van der Waals surface area (Å²) < 4.78 is 47.5. The number of carbonyl (C=O) groups is 1. The predicted molar refractivity (Wildman–Crippen MR) is 118 cm³/mol. The minimum Gasteiger partial charge on any atom is -0.423 e. The highest BCUT2D eigenvalue weighted by atomic mass is 19.1. The van der Waals surface area contributed by atoms with Gasteiger partial charge in [0.05, 0.1) is 5.56 Å². The van der Waals surface area contributed by atoms with Crippen LogP contribution in [0.5, 0.6) is 5.75 Å². The van der Waals surface area contributed by atoms with Gasteiger partial charge >= 0.3 is 5.97 Å². The molecule has 174 valence electrons. The second-order valence-electron chi connectivity index (χ2n) is 9.50. The van der Waals surface area contributed by atoms with Gasteiger partial charge in [-0.3, -0.25) is 0 Å². The average Bonchev–Trinajstić information content (AvgIpc) is 2.78. The summed E-state index contributed by atoms with van der Waals surface area (Å²) in [5.41, 5.74) is -0.162. The first kappa shape index (κ1) is 23.4. The molecule has 6 heteroatoms. The molecule has 3 nitrogen and oxygen atoms in total. The summed E-state index contributed by atoms with van der Waals surface area (Å²) in [4.78, 5) is 12.4. The Kier molecular flexibility index (Phi) is 7.07. The van der Waals surface area contributed by atoms with Crippen molar-refractivity contribution in [2.45, 2.75) is 64.2 Å². The number of carbonyl (C=O) groups excluding carboxylic acids is 1. The largest absolute Gasteiger partial charge is 0.423 e. The molecule has 4 rings (SSSR count). The molecule has 2 aromatic carbocycles. The Bertz CT molecular complexity index is 1050. The minimum atomic E-state index is -1.12. The fraction of sp³-hybridized carbons (Fsp3) is 0.481. The van der Waals surface area contributed by atoms with Gasteiger partial charge in [-0.1, -0.05) is 32.3 Å². The van der Waals surface area contributed by atoms with Crippen molar-refractivity contribution >= 4 is 5.97 Å². The number of esters is 1. The van der Waals surface area contributed by atoms with E-state index < -0.39 is 29.0 Å². The zero-order valence-electron chi connectivity index (χ0n) is 18.8. The van der Waals surface area contributed by atoms with Gasteiger partial charge in [-0.15, -0.1) is 0 Å². The first-order chi connectivity index (χ1) is 15.9. The summed E-state index contributed by atoms with van der Waals surface area (Å²) in [5.74, 6) is -1.63. The molecule has 0 bridgehead atoms. The van der Waals surface area contributed by atoms with Crippen LogP contribution in [0.1, 0.15) is 85.7 Å². The van der Waals surface area contributed by atoms with Crippen LogP contribution in [0, 0.1) is 46.5 Å². The molecule has 0 aliphatic heterocycles. The Hall–Kier alpha value is -2.81. The molecule has 0 N–H and O–H groups in total. The van der Waals surface area contributed by atoms with Crippen molar-refractivity contribution in [2.75, 3.05) is 0 Å². The minimum absolute atomic E-state index is 0.0322. The summed E-state index contributed by atoms with van der Waals surface area (Å²) in [6.45, 7) is 2.24. The molecule has 33 heavy (non-hydrogen) atoms. The molecular formula is C27H28F3NO2. The average molecular weight is 456 g/mol. The quantitative estimate of drug-likeness (QED) is 0.351. The molecule has 2 fully saturated rings. The van der Waals surface area contributed by atoms with Crippen LogP contribution >= 0.6 is 0 Å². The highest BCUT2D eigenvalue weighted by molar-refractivity contribution is 5.91. The van der Waals surface area contributed by atoms with Crippen LogP contribution in [-0.2, 0) is 0 Å². The molecule has 1 unspecified atom stereocenters. The Morgan fingerprint density at radius 2 is 1.70 bits per heavy atom. The number of halogens is 3. The first-order valence-electron chi connectivity index (χ1n) is 11.8. The molecule has 0 spiro atoms. The monoisotopic (exact) mass is 455 g/mol. The zero-order chi connectivity index (χ0) is 23.5. The van der Waals surface area contributed by atoms with Crippen molar-refractivity contribution < 1.29 is 22.7 Å². The van der Waals surface area contributed by atoms with Gasteiger partial charge in [0.15, 0.2) is 0 Å². The van der Waals surface area contributed by atoms with Crippen LogP contribution in [0.15, 0.2) is 30.3 Å². The molecule has 4 atom stereocenters. The Balaban J connectivity index is 1.42. The molecule has 2 saturated carbocycles. The van der Waals surface area contributed by atoms with E-state index in [0.29, 0.717) is 11.5 Å². The molecule has 0 radical (unpaired) electrons. The highest BCUT2D eigenvalue weighted by Gasteiger charge is 2.36. The highest BCUT2D eigenvalue weighted by Crippen LogP contribution is 2.48. The van der Waals surface area contributed by atoms with E-state index in [1.165, 1.54) is 44.2 Å². The molecule has 0 saturated heterocycles. The lowest BCUT2D eigenvalue weighted by Gasteiger charge is -2.42. The van der Waals surface area contributed by atoms with Gasteiger partial charge in [0, 0.05) is 12.1 Å². The molecular weight excluding hydrogens is 427 g/mol. The molecule has 0 heterocycles. The maximum atomic E-state index is 15.0. The third kappa shape index (κ3) is 5.08. The number of benzene rings is 2. The summed E-state index contributed by atoms with van der Waals surface area (Å²) in [7, 11) is 0. The van der Waals surface area contributed by atoms with Gasteiger partial charge in [0.25, 0.3) is 0 Å². The Morgan fingerprint density at radius 1 is 1.00 bits per heavy atom. The number of nitriles is 1. The fourth-order valence-electron chi connectivity index (χ4n) is 5.81. The van der Waals surface area contributed by atoms with E-state index in [2.05, 4.69) is 6.92 Å². The smallest absolute Gasteiger partial charge is 0.343 e. The number of fused-ring (bicyclic) bond motifs is 1.